The highest BCUT2D eigenvalue weighted by Gasteiger charge is 1.97. The van der Waals surface area contributed by atoms with E-state index in [1.54, 1.807) is 24.5 Å². The van der Waals surface area contributed by atoms with E-state index in [-0.39, 0.29) is 22.8 Å². The van der Waals surface area contributed by atoms with Gasteiger partial charge in [-0.15, -0.1) is 17.0 Å². The lowest BCUT2D eigenvalue weighted by molar-refractivity contribution is 0.628. The van der Waals surface area contributed by atoms with Crippen LogP contribution in [0.4, 0.5) is 4.39 Å². The van der Waals surface area contributed by atoms with Crippen LogP contribution in [0.2, 0.25) is 0 Å². The molecule has 0 spiro atoms. The first-order valence-electron chi connectivity index (χ1n) is 3.61. The topological polar surface area (TPSA) is 28.7 Å². The Morgan fingerprint density at radius 1 is 1.15 bits per heavy atom. The second-order valence-corrected chi connectivity index (χ2v) is 2.44. The smallest absolute Gasteiger partial charge is 0.137 e. The number of nitrogens with one attached hydrogen (secondary N) is 1. The van der Waals surface area contributed by atoms with Crippen LogP contribution < -0.4 is 0 Å². The van der Waals surface area contributed by atoms with E-state index < -0.39 is 0 Å². The highest BCUT2D eigenvalue weighted by molar-refractivity contribution is 8.93. The van der Waals surface area contributed by atoms with Gasteiger partial charge in [-0.25, -0.2) is 9.37 Å². The molecule has 0 amide bonds. The van der Waals surface area contributed by atoms with Crippen molar-refractivity contribution in [2.45, 2.75) is 0 Å². The molecule has 0 radical (unpaired) electrons. The van der Waals surface area contributed by atoms with E-state index in [1.165, 1.54) is 12.1 Å². The molecule has 0 aliphatic carbocycles. The molecule has 0 saturated carbocycles. The maximum atomic E-state index is 12.5. The lowest BCUT2D eigenvalue weighted by Gasteiger charge is -1.94. The molecule has 0 fully saturated rings. The van der Waals surface area contributed by atoms with E-state index >= 15 is 0 Å². The minimum absolute atomic E-state index is 0. The predicted octanol–water partition coefficient (Wildman–Crippen LogP) is 2.79. The quantitative estimate of drug-likeness (QED) is 0.819. The Hall–Kier alpha value is -1.16. The van der Waals surface area contributed by atoms with Crippen LogP contribution in [0.1, 0.15) is 0 Å². The molecule has 1 N–H and O–H groups in total. The van der Waals surface area contributed by atoms with Gasteiger partial charge in [-0.3, -0.25) is 0 Å². The van der Waals surface area contributed by atoms with Crippen molar-refractivity contribution < 1.29 is 4.39 Å². The molecule has 0 atom stereocenters. The molecule has 4 heteroatoms. The van der Waals surface area contributed by atoms with E-state index in [2.05, 4.69) is 9.97 Å². The monoisotopic (exact) mass is 242 g/mol. The minimum Gasteiger partial charge on any atom is -0.345 e. The van der Waals surface area contributed by atoms with E-state index in [1.807, 2.05) is 0 Å². The molecule has 1 heterocycles. The summed E-state index contributed by atoms with van der Waals surface area (Å²) < 4.78 is 12.5. The third-order valence-corrected chi connectivity index (χ3v) is 1.62. The summed E-state index contributed by atoms with van der Waals surface area (Å²) in [4.78, 5) is 6.98. The number of hydrogen-bond donors (Lipinski definition) is 1. The van der Waals surface area contributed by atoms with Crippen LogP contribution in [-0.2, 0) is 0 Å². The lowest BCUT2D eigenvalue weighted by atomic mass is 10.2. The van der Waals surface area contributed by atoms with E-state index in [0.29, 0.717) is 0 Å². The van der Waals surface area contributed by atoms with Gasteiger partial charge in [0.1, 0.15) is 11.6 Å². The summed E-state index contributed by atoms with van der Waals surface area (Å²) in [6.07, 6.45) is 3.40. The first-order valence-corrected chi connectivity index (χ1v) is 3.61. The maximum absolute atomic E-state index is 12.5. The Morgan fingerprint density at radius 3 is 2.38 bits per heavy atom. The fourth-order valence-electron chi connectivity index (χ4n) is 1.03. The lowest BCUT2D eigenvalue weighted by Crippen LogP contribution is -1.80. The molecular weight excluding hydrogens is 235 g/mol. The molecule has 0 aliphatic rings. The third-order valence-electron chi connectivity index (χ3n) is 1.62. The summed E-state index contributed by atoms with van der Waals surface area (Å²) in [5.74, 6) is 0.528. The van der Waals surface area contributed by atoms with Gasteiger partial charge in [0.2, 0.25) is 0 Å². The Morgan fingerprint density at radius 2 is 1.85 bits per heavy atom. The van der Waals surface area contributed by atoms with Crippen LogP contribution >= 0.6 is 17.0 Å². The van der Waals surface area contributed by atoms with Gasteiger partial charge in [-0.2, -0.15) is 0 Å². The van der Waals surface area contributed by atoms with Crippen LogP contribution in [0.25, 0.3) is 11.4 Å². The van der Waals surface area contributed by atoms with Crippen molar-refractivity contribution in [2.24, 2.45) is 0 Å². The second-order valence-electron chi connectivity index (χ2n) is 2.44. The number of hydrogen-bond acceptors (Lipinski definition) is 1. The van der Waals surface area contributed by atoms with Crippen molar-refractivity contribution in [3.8, 4) is 11.4 Å². The maximum Gasteiger partial charge on any atom is 0.137 e. The van der Waals surface area contributed by atoms with Crippen molar-refractivity contribution >= 4 is 17.0 Å². The van der Waals surface area contributed by atoms with E-state index in [9.17, 15) is 4.39 Å². The molecule has 1 aromatic heterocycles. The molecule has 68 valence electrons. The summed E-state index contributed by atoms with van der Waals surface area (Å²) in [5, 5.41) is 0. The molecule has 0 bridgehead atoms. The SMILES string of the molecule is Br.Fc1ccc(-c2ncc[nH]2)cc1. The predicted molar refractivity (Wildman–Crippen MR) is 54.3 cm³/mol. The standard InChI is InChI=1S/C9H7FN2.BrH/c10-8-3-1-7(2-4-8)9-11-5-6-12-9;/h1-6H,(H,11,12);1H. The number of aromatic nitrogens is 2. The van der Waals surface area contributed by atoms with Gasteiger partial charge in [0, 0.05) is 18.0 Å². The number of aromatic amines is 1. The Bertz CT molecular complexity index is 356. The largest absolute Gasteiger partial charge is 0.345 e. The van der Waals surface area contributed by atoms with Gasteiger partial charge in [-0.05, 0) is 24.3 Å². The normalized spacial score (nSPS) is 9.31. The Balaban J connectivity index is 0.000000845. The Kier molecular flexibility index (Phi) is 3.19. The van der Waals surface area contributed by atoms with Crippen LogP contribution in [0.3, 0.4) is 0 Å². The van der Waals surface area contributed by atoms with Gasteiger partial charge in [-0.1, -0.05) is 0 Å². The molecule has 2 nitrogen and oxygen atoms in total. The van der Waals surface area contributed by atoms with Crippen molar-refractivity contribution in [3.05, 3.63) is 42.5 Å². The second kappa shape index (κ2) is 4.18. The first kappa shape index (κ1) is 9.92. The summed E-state index contributed by atoms with van der Waals surface area (Å²) in [6, 6.07) is 6.21. The van der Waals surface area contributed by atoms with Crippen molar-refractivity contribution in [3.63, 3.8) is 0 Å². The summed E-state index contributed by atoms with van der Waals surface area (Å²) >= 11 is 0. The number of nitrogens with zero attached hydrogens (tertiary/aromatic N) is 1. The molecule has 2 aromatic rings. The molecule has 13 heavy (non-hydrogen) atoms. The Labute approximate surface area is 85.6 Å². The third kappa shape index (κ3) is 2.15. The number of H-pyrrole nitrogens is 1. The van der Waals surface area contributed by atoms with E-state index in [4.69, 9.17) is 0 Å². The summed E-state index contributed by atoms with van der Waals surface area (Å²) in [6.45, 7) is 0. The van der Waals surface area contributed by atoms with E-state index in [0.717, 1.165) is 11.4 Å². The van der Waals surface area contributed by atoms with Gasteiger partial charge in [0.25, 0.3) is 0 Å². The highest BCUT2D eigenvalue weighted by atomic mass is 79.9. The van der Waals surface area contributed by atoms with Crippen LogP contribution in [0.15, 0.2) is 36.7 Å². The number of imidazole rings is 1. The summed E-state index contributed by atoms with van der Waals surface area (Å²) in [7, 11) is 0. The molecular formula is C9H8BrFN2. The average Bonchev–Trinajstić information content (AvgIpc) is 2.58. The molecule has 0 saturated heterocycles. The zero-order valence-corrected chi connectivity index (χ0v) is 8.41. The van der Waals surface area contributed by atoms with Crippen molar-refractivity contribution in [1.82, 2.24) is 9.97 Å². The average molecular weight is 243 g/mol. The first-order chi connectivity index (χ1) is 5.86. The van der Waals surface area contributed by atoms with Gasteiger partial charge in [0.05, 0.1) is 0 Å². The van der Waals surface area contributed by atoms with Crippen LogP contribution in [0, 0.1) is 5.82 Å². The molecule has 0 unspecified atom stereocenters. The van der Waals surface area contributed by atoms with Crippen molar-refractivity contribution in [2.75, 3.05) is 0 Å². The zero-order valence-electron chi connectivity index (χ0n) is 6.70. The zero-order chi connectivity index (χ0) is 8.39. The fourth-order valence-corrected chi connectivity index (χ4v) is 1.03. The van der Waals surface area contributed by atoms with Crippen LogP contribution in [0.5, 0.6) is 0 Å². The van der Waals surface area contributed by atoms with Gasteiger partial charge in [0.15, 0.2) is 0 Å². The number of halogens is 2. The summed E-state index contributed by atoms with van der Waals surface area (Å²) in [5.41, 5.74) is 0.890. The van der Waals surface area contributed by atoms with Crippen molar-refractivity contribution in [1.29, 1.82) is 0 Å². The molecule has 1 aromatic carbocycles. The number of rotatable bonds is 1. The molecule has 2 rings (SSSR count). The van der Waals surface area contributed by atoms with Gasteiger partial charge < -0.3 is 4.98 Å². The fraction of sp³-hybridized carbons (Fsp3) is 0. The minimum atomic E-state index is -0.231. The number of benzene rings is 1. The van der Waals surface area contributed by atoms with Gasteiger partial charge >= 0.3 is 0 Å². The molecule has 0 aliphatic heterocycles. The van der Waals surface area contributed by atoms with Crippen LogP contribution in [-0.4, -0.2) is 9.97 Å². The highest BCUT2D eigenvalue weighted by Crippen LogP contribution is 2.13.